The standard InChI is InChI=1S/C31H37NO5/c1-23(33)32(2)28-30(36-22-26-17-11-6-12-18-26)29(35-21-25-15-9-5-10-16-25)27(37-31(28)34-3)20-19-24-13-7-4-8-14-24/h4-18,27-31H,19-22H2,1-3H3/t27-,28+,29+,30-,31-/m1/s1. The molecule has 37 heavy (non-hydrogen) atoms. The van der Waals surface area contributed by atoms with Crippen LogP contribution in [0.25, 0.3) is 0 Å². The van der Waals surface area contributed by atoms with E-state index in [4.69, 9.17) is 18.9 Å². The highest BCUT2D eigenvalue weighted by molar-refractivity contribution is 5.73. The molecule has 0 spiro atoms. The predicted molar refractivity (Wildman–Crippen MR) is 143 cm³/mol. The van der Waals surface area contributed by atoms with E-state index in [0.717, 1.165) is 24.0 Å². The lowest BCUT2D eigenvalue weighted by Gasteiger charge is -2.48. The fourth-order valence-corrected chi connectivity index (χ4v) is 4.81. The van der Waals surface area contributed by atoms with E-state index in [2.05, 4.69) is 12.1 Å². The lowest BCUT2D eigenvalue weighted by atomic mass is 9.91. The number of ether oxygens (including phenoxy) is 4. The predicted octanol–water partition coefficient (Wildman–Crippen LogP) is 5.01. The van der Waals surface area contributed by atoms with Gasteiger partial charge in [-0.05, 0) is 29.5 Å². The lowest BCUT2D eigenvalue weighted by Crippen LogP contribution is -2.65. The quantitative estimate of drug-likeness (QED) is 0.368. The monoisotopic (exact) mass is 503 g/mol. The molecule has 0 aliphatic carbocycles. The Morgan fingerprint density at radius 2 is 1.27 bits per heavy atom. The number of amides is 1. The van der Waals surface area contributed by atoms with Crippen molar-refractivity contribution in [2.45, 2.75) is 63.6 Å². The van der Waals surface area contributed by atoms with Crippen LogP contribution in [0, 0.1) is 0 Å². The Hall–Kier alpha value is -3.03. The summed E-state index contributed by atoms with van der Waals surface area (Å²) in [5, 5.41) is 0. The average molecular weight is 504 g/mol. The Kier molecular flexibility index (Phi) is 9.85. The van der Waals surface area contributed by atoms with E-state index in [9.17, 15) is 4.79 Å². The number of hydrogen-bond acceptors (Lipinski definition) is 5. The molecule has 1 aliphatic rings. The summed E-state index contributed by atoms with van der Waals surface area (Å²) in [7, 11) is 3.37. The molecule has 0 N–H and O–H groups in total. The molecule has 3 aromatic rings. The molecule has 1 fully saturated rings. The van der Waals surface area contributed by atoms with Crippen molar-refractivity contribution < 1.29 is 23.7 Å². The van der Waals surface area contributed by atoms with Gasteiger partial charge >= 0.3 is 0 Å². The molecule has 1 aliphatic heterocycles. The molecule has 0 saturated carbocycles. The normalized spacial score (nSPS) is 23.5. The first-order valence-electron chi connectivity index (χ1n) is 12.8. The minimum absolute atomic E-state index is 0.0893. The minimum atomic E-state index is -0.646. The van der Waals surface area contributed by atoms with Gasteiger partial charge in [-0.2, -0.15) is 0 Å². The first-order valence-corrected chi connectivity index (χ1v) is 12.8. The molecule has 1 saturated heterocycles. The topological polar surface area (TPSA) is 57.2 Å². The van der Waals surface area contributed by atoms with Gasteiger partial charge in [-0.1, -0.05) is 91.0 Å². The largest absolute Gasteiger partial charge is 0.368 e. The molecule has 4 rings (SSSR count). The third-order valence-corrected chi connectivity index (χ3v) is 6.92. The number of carbonyl (C=O) groups is 1. The molecule has 3 aromatic carbocycles. The number of nitrogens with zero attached hydrogens (tertiary/aromatic N) is 1. The third kappa shape index (κ3) is 7.27. The van der Waals surface area contributed by atoms with Crippen LogP contribution in [-0.2, 0) is 43.4 Å². The van der Waals surface area contributed by atoms with Gasteiger partial charge in [0.1, 0.15) is 18.2 Å². The fourth-order valence-electron chi connectivity index (χ4n) is 4.81. The Bertz CT molecular complexity index is 1080. The summed E-state index contributed by atoms with van der Waals surface area (Å²) in [4.78, 5) is 14.2. The molecule has 0 bridgehead atoms. The van der Waals surface area contributed by atoms with Crippen LogP contribution in [0.2, 0.25) is 0 Å². The van der Waals surface area contributed by atoms with Crippen molar-refractivity contribution in [2.24, 2.45) is 0 Å². The molecule has 1 amide bonds. The second-order valence-corrected chi connectivity index (χ2v) is 9.45. The Morgan fingerprint density at radius 3 is 1.76 bits per heavy atom. The van der Waals surface area contributed by atoms with E-state index in [-0.39, 0.29) is 12.0 Å². The number of hydrogen-bond donors (Lipinski definition) is 0. The first-order chi connectivity index (χ1) is 18.1. The number of likely N-dealkylation sites (N-methyl/N-ethyl adjacent to an activating group) is 1. The van der Waals surface area contributed by atoms with Gasteiger partial charge in [-0.25, -0.2) is 0 Å². The highest BCUT2D eigenvalue weighted by Crippen LogP contribution is 2.33. The number of carbonyl (C=O) groups excluding carboxylic acids is 1. The van der Waals surface area contributed by atoms with E-state index in [0.29, 0.717) is 13.2 Å². The third-order valence-electron chi connectivity index (χ3n) is 6.92. The van der Waals surface area contributed by atoms with Crippen LogP contribution in [-0.4, -0.2) is 55.6 Å². The average Bonchev–Trinajstić information content (AvgIpc) is 2.94. The molecule has 0 unspecified atom stereocenters. The van der Waals surface area contributed by atoms with Crippen LogP contribution in [0.5, 0.6) is 0 Å². The van der Waals surface area contributed by atoms with Gasteiger partial charge < -0.3 is 23.8 Å². The Morgan fingerprint density at radius 1 is 0.784 bits per heavy atom. The van der Waals surface area contributed by atoms with Gasteiger partial charge in [-0.15, -0.1) is 0 Å². The van der Waals surface area contributed by atoms with Crippen LogP contribution in [0.15, 0.2) is 91.0 Å². The van der Waals surface area contributed by atoms with Crippen molar-refractivity contribution in [1.29, 1.82) is 0 Å². The minimum Gasteiger partial charge on any atom is -0.368 e. The van der Waals surface area contributed by atoms with Crippen molar-refractivity contribution in [1.82, 2.24) is 4.90 Å². The second-order valence-electron chi connectivity index (χ2n) is 9.45. The van der Waals surface area contributed by atoms with Crippen molar-refractivity contribution >= 4 is 5.91 Å². The van der Waals surface area contributed by atoms with E-state index < -0.39 is 24.5 Å². The van der Waals surface area contributed by atoms with Crippen molar-refractivity contribution in [2.75, 3.05) is 14.2 Å². The molecular weight excluding hydrogens is 466 g/mol. The van der Waals surface area contributed by atoms with Crippen LogP contribution >= 0.6 is 0 Å². The summed E-state index contributed by atoms with van der Waals surface area (Å²) in [5.74, 6) is -0.0893. The number of rotatable bonds is 11. The van der Waals surface area contributed by atoms with Gasteiger partial charge in [0.05, 0.1) is 19.3 Å². The maximum Gasteiger partial charge on any atom is 0.219 e. The van der Waals surface area contributed by atoms with Gasteiger partial charge in [0.15, 0.2) is 6.29 Å². The Balaban J connectivity index is 1.63. The van der Waals surface area contributed by atoms with Crippen molar-refractivity contribution in [3.63, 3.8) is 0 Å². The van der Waals surface area contributed by atoms with Crippen LogP contribution in [0.3, 0.4) is 0 Å². The van der Waals surface area contributed by atoms with E-state index >= 15 is 0 Å². The maximum atomic E-state index is 12.5. The Labute approximate surface area is 220 Å². The van der Waals surface area contributed by atoms with Crippen LogP contribution in [0.1, 0.15) is 30.0 Å². The first kappa shape index (κ1) is 27.0. The van der Waals surface area contributed by atoms with Gasteiger partial charge in [0, 0.05) is 21.1 Å². The second kappa shape index (κ2) is 13.5. The molecule has 6 nitrogen and oxygen atoms in total. The molecule has 0 aromatic heterocycles. The van der Waals surface area contributed by atoms with Crippen LogP contribution < -0.4 is 0 Å². The molecule has 196 valence electrons. The number of benzene rings is 3. The molecule has 6 heteroatoms. The highest BCUT2D eigenvalue weighted by Gasteiger charge is 2.49. The summed E-state index contributed by atoms with van der Waals surface area (Å²) in [6.45, 7) is 2.35. The van der Waals surface area contributed by atoms with Crippen molar-refractivity contribution in [3.05, 3.63) is 108 Å². The van der Waals surface area contributed by atoms with Gasteiger partial charge in [0.2, 0.25) is 5.91 Å². The molecule has 0 radical (unpaired) electrons. The lowest BCUT2D eigenvalue weighted by molar-refractivity contribution is -0.291. The summed E-state index contributed by atoms with van der Waals surface area (Å²) in [5.41, 5.74) is 3.35. The summed E-state index contributed by atoms with van der Waals surface area (Å²) < 4.78 is 25.5. The zero-order valence-electron chi connectivity index (χ0n) is 21.9. The molecule has 5 atom stereocenters. The zero-order chi connectivity index (χ0) is 26.0. The number of methoxy groups -OCH3 is 1. The summed E-state index contributed by atoms with van der Waals surface area (Å²) in [6.07, 6.45) is -0.252. The van der Waals surface area contributed by atoms with E-state index in [1.807, 2.05) is 78.9 Å². The highest BCUT2D eigenvalue weighted by atomic mass is 16.7. The van der Waals surface area contributed by atoms with E-state index in [1.54, 1.807) is 26.0 Å². The fraction of sp³-hybridized carbons (Fsp3) is 0.387. The maximum absolute atomic E-state index is 12.5. The smallest absolute Gasteiger partial charge is 0.219 e. The SMILES string of the molecule is CO[C@@H]1O[C@H](CCc2ccccc2)[C@H](OCc2ccccc2)[C@H](OCc2ccccc2)[C@@H]1N(C)C(C)=O. The summed E-state index contributed by atoms with van der Waals surface area (Å²) >= 11 is 0. The van der Waals surface area contributed by atoms with Crippen molar-refractivity contribution in [3.8, 4) is 0 Å². The van der Waals surface area contributed by atoms with Gasteiger partial charge in [0.25, 0.3) is 0 Å². The summed E-state index contributed by atoms with van der Waals surface area (Å²) in [6, 6.07) is 30.0. The molecular formula is C31H37NO5. The van der Waals surface area contributed by atoms with Crippen LogP contribution in [0.4, 0.5) is 0 Å². The van der Waals surface area contributed by atoms with Gasteiger partial charge in [-0.3, -0.25) is 4.79 Å². The molecule has 1 heterocycles. The van der Waals surface area contributed by atoms with E-state index in [1.165, 1.54) is 5.56 Å². The number of aryl methyl sites for hydroxylation is 1. The zero-order valence-corrected chi connectivity index (χ0v) is 21.9.